The molecule has 106 valence electrons. The SMILES string of the molecule is CCOc1ccccc1NCc1ccnc2ccccc12. The van der Waals surface area contributed by atoms with E-state index >= 15 is 0 Å². The third-order valence-corrected chi connectivity index (χ3v) is 3.40. The van der Waals surface area contributed by atoms with Crippen LogP contribution in [0.1, 0.15) is 12.5 Å². The molecule has 21 heavy (non-hydrogen) atoms. The Balaban J connectivity index is 1.84. The van der Waals surface area contributed by atoms with Crippen molar-refractivity contribution in [2.24, 2.45) is 0 Å². The first-order valence-electron chi connectivity index (χ1n) is 7.17. The number of aromatic nitrogens is 1. The molecule has 1 heterocycles. The van der Waals surface area contributed by atoms with Gasteiger partial charge in [0.1, 0.15) is 5.75 Å². The van der Waals surface area contributed by atoms with Gasteiger partial charge < -0.3 is 10.1 Å². The van der Waals surface area contributed by atoms with Gasteiger partial charge in [-0.1, -0.05) is 30.3 Å². The molecule has 3 rings (SSSR count). The Bertz CT molecular complexity index is 735. The molecule has 3 nitrogen and oxygen atoms in total. The molecule has 3 heteroatoms. The lowest BCUT2D eigenvalue weighted by atomic mass is 10.1. The zero-order valence-corrected chi connectivity index (χ0v) is 12.0. The summed E-state index contributed by atoms with van der Waals surface area (Å²) in [4.78, 5) is 4.39. The summed E-state index contributed by atoms with van der Waals surface area (Å²) in [6.45, 7) is 3.40. The molecule has 0 saturated carbocycles. The number of pyridine rings is 1. The lowest BCUT2D eigenvalue weighted by Gasteiger charge is -2.13. The van der Waals surface area contributed by atoms with Gasteiger partial charge in [-0.25, -0.2) is 0 Å². The number of hydrogen-bond acceptors (Lipinski definition) is 3. The molecule has 0 amide bonds. The Morgan fingerprint density at radius 1 is 1.00 bits per heavy atom. The predicted octanol–water partition coefficient (Wildman–Crippen LogP) is 4.25. The number of anilines is 1. The second-order valence-electron chi connectivity index (χ2n) is 4.77. The van der Waals surface area contributed by atoms with Crippen LogP contribution in [-0.2, 0) is 6.54 Å². The first-order chi connectivity index (χ1) is 10.4. The summed E-state index contributed by atoms with van der Waals surface area (Å²) in [5, 5.41) is 4.64. The van der Waals surface area contributed by atoms with Crippen LogP contribution in [0.3, 0.4) is 0 Å². The van der Waals surface area contributed by atoms with Gasteiger partial charge in [0.2, 0.25) is 0 Å². The van der Waals surface area contributed by atoms with E-state index in [-0.39, 0.29) is 0 Å². The Morgan fingerprint density at radius 3 is 2.71 bits per heavy atom. The topological polar surface area (TPSA) is 34.1 Å². The lowest BCUT2D eigenvalue weighted by Crippen LogP contribution is -2.03. The lowest BCUT2D eigenvalue weighted by molar-refractivity contribution is 0.341. The van der Waals surface area contributed by atoms with E-state index in [1.54, 1.807) is 0 Å². The van der Waals surface area contributed by atoms with E-state index in [0.29, 0.717) is 6.61 Å². The Morgan fingerprint density at radius 2 is 1.81 bits per heavy atom. The molecular formula is C18H18N2O. The quantitative estimate of drug-likeness (QED) is 0.757. The second-order valence-corrected chi connectivity index (χ2v) is 4.77. The van der Waals surface area contributed by atoms with E-state index in [1.807, 2.05) is 55.6 Å². The summed E-state index contributed by atoms with van der Waals surface area (Å²) >= 11 is 0. The highest BCUT2D eigenvalue weighted by molar-refractivity contribution is 5.82. The van der Waals surface area contributed by atoms with E-state index in [9.17, 15) is 0 Å². The third kappa shape index (κ3) is 2.97. The molecule has 0 fully saturated rings. The number of benzene rings is 2. The first-order valence-corrected chi connectivity index (χ1v) is 7.17. The average Bonchev–Trinajstić information content (AvgIpc) is 2.54. The van der Waals surface area contributed by atoms with E-state index in [1.165, 1.54) is 10.9 Å². The number of ether oxygens (including phenoxy) is 1. The molecular weight excluding hydrogens is 260 g/mol. The summed E-state index contributed by atoms with van der Waals surface area (Å²) in [7, 11) is 0. The van der Waals surface area contributed by atoms with Crippen LogP contribution in [0.4, 0.5) is 5.69 Å². The van der Waals surface area contributed by atoms with Gasteiger partial charge >= 0.3 is 0 Å². The van der Waals surface area contributed by atoms with E-state index < -0.39 is 0 Å². The van der Waals surface area contributed by atoms with Crippen LogP contribution < -0.4 is 10.1 Å². The minimum absolute atomic E-state index is 0.664. The van der Waals surface area contributed by atoms with Gasteiger partial charge in [-0.05, 0) is 36.8 Å². The van der Waals surface area contributed by atoms with Crippen molar-refractivity contribution in [3.05, 3.63) is 66.4 Å². The largest absolute Gasteiger partial charge is 0.492 e. The van der Waals surface area contributed by atoms with Gasteiger partial charge in [0, 0.05) is 18.1 Å². The van der Waals surface area contributed by atoms with E-state index in [2.05, 4.69) is 22.4 Å². The van der Waals surface area contributed by atoms with Crippen LogP contribution in [0.2, 0.25) is 0 Å². The molecule has 0 radical (unpaired) electrons. The second kappa shape index (κ2) is 6.27. The summed E-state index contributed by atoms with van der Waals surface area (Å²) in [5.41, 5.74) is 3.27. The minimum Gasteiger partial charge on any atom is -0.492 e. The van der Waals surface area contributed by atoms with Crippen LogP contribution >= 0.6 is 0 Å². The monoisotopic (exact) mass is 278 g/mol. The fourth-order valence-corrected chi connectivity index (χ4v) is 2.39. The summed E-state index contributed by atoms with van der Waals surface area (Å²) in [6, 6.07) is 18.3. The first kappa shape index (κ1) is 13.4. The van der Waals surface area contributed by atoms with E-state index in [4.69, 9.17) is 4.74 Å². The van der Waals surface area contributed by atoms with Crippen LogP contribution in [0.15, 0.2) is 60.8 Å². The molecule has 0 spiro atoms. The number of rotatable bonds is 5. The maximum absolute atomic E-state index is 5.64. The number of hydrogen-bond donors (Lipinski definition) is 1. The Hall–Kier alpha value is -2.55. The highest BCUT2D eigenvalue weighted by Gasteiger charge is 2.04. The Labute approximate surface area is 124 Å². The number of nitrogens with zero attached hydrogens (tertiary/aromatic N) is 1. The van der Waals surface area contributed by atoms with Gasteiger partial charge in [0.15, 0.2) is 0 Å². The molecule has 0 saturated heterocycles. The molecule has 0 unspecified atom stereocenters. The van der Waals surface area contributed by atoms with Gasteiger partial charge in [0.05, 0.1) is 17.8 Å². The van der Waals surface area contributed by atoms with Crippen molar-refractivity contribution < 1.29 is 4.74 Å². The van der Waals surface area contributed by atoms with Crippen LogP contribution in [-0.4, -0.2) is 11.6 Å². The van der Waals surface area contributed by atoms with Crippen molar-refractivity contribution in [2.45, 2.75) is 13.5 Å². The van der Waals surface area contributed by atoms with Crippen LogP contribution in [0, 0.1) is 0 Å². The van der Waals surface area contributed by atoms with Crippen LogP contribution in [0.25, 0.3) is 10.9 Å². The fraction of sp³-hybridized carbons (Fsp3) is 0.167. The average molecular weight is 278 g/mol. The normalized spacial score (nSPS) is 10.5. The number of fused-ring (bicyclic) bond motifs is 1. The highest BCUT2D eigenvalue weighted by Crippen LogP contribution is 2.25. The molecule has 1 N–H and O–H groups in total. The fourth-order valence-electron chi connectivity index (χ4n) is 2.39. The summed E-state index contributed by atoms with van der Waals surface area (Å²) in [6.07, 6.45) is 1.85. The van der Waals surface area contributed by atoms with Gasteiger partial charge in [0.25, 0.3) is 0 Å². The zero-order valence-electron chi connectivity index (χ0n) is 12.0. The number of nitrogens with one attached hydrogen (secondary N) is 1. The van der Waals surface area contributed by atoms with Crippen molar-refractivity contribution in [1.29, 1.82) is 0 Å². The smallest absolute Gasteiger partial charge is 0.142 e. The molecule has 3 aromatic rings. The van der Waals surface area contributed by atoms with Gasteiger partial charge in [-0.2, -0.15) is 0 Å². The van der Waals surface area contributed by atoms with Crippen molar-refractivity contribution >= 4 is 16.6 Å². The molecule has 0 aliphatic rings. The molecule has 0 bridgehead atoms. The number of para-hydroxylation sites is 3. The van der Waals surface area contributed by atoms with Gasteiger partial charge in [-0.3, -0.25) is 4.98 Å². The molecule has 0 aliphatic heterocycles. The maximum Gasteiger partial charge on any atom is 0.142 e. The maximum atomic E-state index is 5.64. The predicted molar refractivity (Wildman–Crippen MR) is 86.7 cm³/mol. The molecule has 0 atom stereocenters. The summed E-state index contributed by atoms with van der Waals surface area (Å²) < 4.78 is 5.64. The highest BCUT2D eigenvalue weighted by atomic mass is 16.5. The van der Waals surface area contributed by atoms with Gasteiger partial charge in [-0.15, -0.1) is 0 Å². The van der Waals surface area contributed by atoms with Crippen molar-refractivity contribution in [1.82, 2.24) is 4.98 Å². The van der Waals surface area contributed by atoms with Crippen molar-refractivity contribution in [3.63, 3.8) is 0 Å². The van der Waals surface area contributed by atoms with Crippen molar-refractivity contribution in [3.8, 4) is 5.75 Å². The Kier molecular flexibility index (Phi) is 4.01. The third-order valence-electron chi connectivity index (χ3n) is 3.40. The minimum atomic E-state index is 0.664. The van der Waals surface area contributed by atoms with E-state index in [0.717, 1.165) is 23.5 Å². The zero-order chi connectivity index (χ0) is 14.5. The standard InChI is InChI=1S/C18H18N2O/c1-2-21-18-10-6-5-9-17(18)20-13-14-11-12-19-16-8-4-3-7-15(14)16/h3-12,20H,2,13H2,1H3. The van der Waals surface area contributed by atoms with Crippen LogP contribution in [0.5, 0.6) is 5.75 Å². The molecule has 0 aliphatic carbocycles. The van der Waals surface area contributed by atoms with Crippen molar-refractivity contribution in [2.75, 3.05) is 11.9 Å². The molecule has 1 aromatic heterocycles. The molecule has 2 aromatic carbocycles. The summed E-state index contributed by atoms with van der Waals surface area (Å²) in [5.74, 6) is 0.887.